The average Bonchev–Trinajstić information content (AvgIpc) is 2.06. The molecule has 0 radical (unpaired) electrons. The molecule has 1 N–H and O–H groups in total. The summed E-state index contributed by atoms with van der Waals surface area (Å²) in [7, 11) is 0. The average molecular weight is 171 g/mol. The number of nitroso groups, excluding NO2 is 1. The Morgan fingerprint density at radius 3 is 2.75 bits per heavy atom. The van der Waals surface area contributed by atoms with Gasteiger partial charge < -0.3 is 5.11 Å². The normalized spacial score (nSPS) is 12.5. The van der Waals surface area contributed by atoms with Gasteiger partial charge in [-0.1, -0.05) is 30.7 Å². The van der Waals surface area contributed by atoms with Gasteiger partial charge in [-0.05, 0) is 12.8 Å². The summed E-state index contributed by atoms with van der Waals surface area (Å²) in [5.41, 5.74) is 1.03. The summed E-state index contributed by atoms with van der Waals surface area (Å²) in [6, 6.07) is 0. The fourth-order valence-electron chi connectivity index (χ4n) is 1.16. The Morgan fingerprint density at radius 2 is 2.33 bits per heavy atom. The molecular weight excluding hydrogens is 154 g/mol. The second kappa shape index (κ2) is 6.98. The zero-order valence-corrected chi connectivity index (χ0v) is 7.62. The summed E-state index contributed by atoms with van der Waals surface area (Å²) in [5.74, 6) is 0.0580. The highest BCUT2D eigenvalue weighted by Crippen LogP contribution is 2.17. The van der Waals surface area contributed by atoms with Gasteiger partial charge in [0.1, 0.15) is 0 Å². The molecule has 0 aliphatic rings. The van der Waals surface area contributed by atoms with E-state index < -0.39 is 0 Å². The summed E-state index contributed by atoms with van der Waals surface area (Å²) in [6.07, 6.45) is 2.58. The largest absolute Gasteiger partial charge is 0.396 e. The minimum absolute atomic E-state index is 0.0580. The van der Waals surface area contributed by atoms with E-state index >= 15 is 0 Å². The molecule has 0 aromatic heterocycles. The molecule has 0 fully saturated rings. The summed E-state index contributed by atoms with van der Waals surface area (Å²) in [5, 5.41) is 11.7. The Morgan fingerprint density at radius 1 is 1.67 bits per heavy atom. The number of aliphatic hydroxyl groups is 1. The molecule has 0 aromatic rings. The van der Waals surface area contributed by atoms with Crippen LogP contribution in [-0.2, 0) is 0 Å². The van der Waals surface area contributed by atoms with Gasteiger partial charge in [-0.2, -0.15) is 4.91 Å². The van der Waals surface area contributed by atoms with Crippen molar-refractivity contribution in [2.45, 2.75) is 26.2 Å². The van der Waals surface area contributed by atoms with Gasteiger partial charge in [0.05, 0.1) is 6.54 Å². The highest BCUT2D eigenvalue weighted by atomic mass is 16.3. The molecule has 0 rings (SSSR count). The van der Waals surface area contributed by atoms with Gasteiger partial charge in [-0.15, -0.1) is 0 Å². The lowest BCUT2D eigenvalue weighted by Gasteiger charge is -2.14. The molecule has 0 spiro atoms. The molecule has 1 unspecified atom stereocenters. The molecule has 12 heavy (non-hydrogen) atoms. The van der Waals surface area contributed by atoms with E-state index in [1.54, 1.807) is 0 Å². The standard InChI is InChI=1S/C9H17NO2/c1-3-4-8(2)9(7-11)5-6-10-12/h9,11H,2-7H2,1H3. The second-order valence-electron chi connectivity index (χ2n) is 2.93. The highest BCUT2D eigenvalue weighted by Gasteiger charge is 2.10. The zero-order valence-electron chi connectivity index (χ0n) is 7.62. The summed E-state index contributed by atoms with van der Waals surface area (Å²) < 4.78 is 0. The third-order valence-electron chi connectivity index (χ3n) is 1.94. The topological polar surface area (TPSA) is 49.7 Å². The van der Waals surface area contributed by atoms with Crippen LogP contribution in [0.4, 0.5) is 0 Å². The van der Waals surface area contributed by atoms with Gasteiger partial charge in [-0.3, -0.25) is 0 Å². The summed E-state index contributed by atoms with van der Waals surface area (Å²) in [6.45, 7) is 6.28. The van der Waals surface area contributed by atoms with Crippen LogP contribution >= 0.6 is 0 Å². The maximum absolute atomic E-state index is 9.84. The first-order valence-corrected chi connectivity index (χ1v) is 4.33. The minimum Gasteiger partial charge on any atom is -0.396 e. The molecule has 0 aliphatic carbocycles. The summed E-state index contributed by atoms with van der Waals surface area (Å²) >= 11 is 0. The Balaban J connectivity index is 3.78. The van der Waals surface area contributed by atoms with Crippen molar-refractivity contribution in [3.8, 4) is 0 Å². The predicted molar refractivity (Wildman–Crippen MR) is 49.9 cm³/mol. The second-order valence-corrected chi connectivity index (χ2v) is 2.93. The molecule has 0 saturated carbocycles. The van der Waals surface area contributed by atoms with Crippen molar-refractivity contribution in [2.75, 3.05) is 13.2 Å². The van der Waals surface area contributed by atoms with Crippen LogP contribution in [0, 0.1) is 10.8 Å². The van der Waals surface area contributed by atoms with E-state index in [1.165, 1.54) is 0 Å². The quantitative estimate of drug-likeness (QED) is 0.471. The van der Waals surface area contributed by atoms with E-state index in [0.29, 0.717) is 6.42 Å². The number of aliphatic hydroxyl groups excluding tert-OH is 1. The van der Waals surface area contributed by atoms with Gasteiger partial charge in [0.2, 0.25) is 0 Å². The fourth-order valence-corrected chi connectivity index (χ4v) is 1.16. The van der Waals surface area contributed by atoms with Crippen LogP contribution in [0.25, 0.3) is 0 Å². The lowest BCUT2D eigenvalue weighted by Crippen LogP contribution is -2.10. The van der Waals surface area contributed by atoms with Crippen molar-refractivity contribution in [1.29, 1.82) is 0 Å². The number of hydrogen-bond donors (Lipinski definition) is 1. The first kappa shape index (κ1) is 11.3. The summed E-state index contributed by atoms with van der Waals surface area (Å²) in [4.78, 5) is 9.84. The predicted octanol–water partition coefficient (Wildman–Crippen LogP) is 2.11. The molecule has 0 saturated heterocycles. The third kappa shape index (κ3) is 4.23. The van der Waals surface area contributed by atoms with Crippen molar-refractivity contribution in [3.63, 3.8) is 0 Å². The molecular formula is C9H17NO2. The minimum atomic E-state index is 0.0580. The van der Waals surface area contributed by atoms with Crippen LogP contribution in [-0.4, -0.2) is 18.3 Å². The molecule has 3 heteroatoms. The van der Waals surface area contributed by atoms with Crippen LogP contribution in [0.3, 0.4) is 0 Å². The van der Waals surface area contributed by atoms with Crippen LogP contribution in [0.15, 0.2) is 17.3 Å². The smallest absolute Gasteiger partial charge is 0.0817 e. The van der Waals surface area contributed by atoms with Gasteiger partial charge >= 0.3 is 0 Å². The van der Waals surface area contributed by atoms with Gasteiger partial charge in [0, 0.05) is 12.5 Å². The van der Waals surface area contributed by atoms with Crippen molar-refractivity contribution in [1.82, 2.24) is 0 Å². The Bertz CT molecular complexity index is 145. The van der Waals surface area contributed by atoms with Crippen molar-refractivity contribution in [3.05, 3.63) is 17.1 Å². The lowest BCUT2D eigenvalue weighted by molar-refractivity contribution is 0.238. The fraction of sp³-hybridized carbons (Fsp3) is 0.778. The first-order chi connectivity index (χ1) is 5.76. The number of rotatable bonds is 7. The van der Waals surface area contributed by atoms with E-state index in [-0.39, 0.29) is 19.1 Å². The monoisotopic (exact) mass is 171 g/mol. The maximum Gasteiger partial charge on any atom is 0.0817 e. The maximum atomic E-state index is 9.84. The Kier molecular flexibility index (Phi) is 6.57. The van der Waals surface area contributed by atoms with Crippen molar-refractivity contribution in [2.24, 2.45) is 11.1 Å². The molecule has 0 aromatic carbocycles. The first-order valence-electron chi connectivity index (χ1n) is 4.33. The van der Waals surface area contributed by atoms with Gasteiger partial charge in [0.15, 0.2) is 0 Å². The molecule has 1 atom stereocenters. The van der Waals surface area contributed by atoms with E-state index in [4.69, 9.17) is 5.11 Å². The van der Waals surface area contributed by atoms with E-state index in [2.05, 4.69) is 18.7 Å². The van der Waals surface area contributed by atoms with E-state index in [1.807, 2.05) is 0 Å². The van der Waals surface area contributed by atoms with Crippen LogP contribution in [0.1, 0.15) is 26.2 Å². The molecule has 0 heterocycles. The third-order valence-corrected chi connectivity index (χ3v) is 1.94. The van der Waals surface area contributed by atoms with Gasteiger partial charge in [-0.25, -0.2) is 0 Å². The van der Waals surface area contributed by atoms with Crippen LogP contribution < -0.4 is 0 Å². The zero-order chi connectivity index (χ0) is 9.40. The Labute approximate surface area is 73.5 Å². The lowest BCUT2D eigenvalue weighted by atomic mass is 9.94. The van der Waals surface area contributed by atoms with E-state index in [9.17, 15) is 4.91 Å². The molecule has 70 valence electrons. The Hall–Kier alpha value is -0.700. The van der Waals surface area contributed by atoms with Crippen molar-refractivity contribution < 1.29 is 5.11 Å². The molecule has 0 bridgehead atoms. The molecule has 0 aliphatic heterocycles. The van der Waals surface area contributed by atoms with E-state index in [0.717, 1.165) is 18.4 Å². The molecule has 0 amide bonds. The van der Waals surface area contributed by atoms with Crippen molar-refractivity contribution >= 4 is 0 Å². The van der Waals surface area contributed by atoms with Crippen LogP contribution in [0.2, 0.25) is 0 Å². The highest BCUT2D eigenvalue weighted by molar-refractivity contribution is 5.00. The van der Waals surface area contributed by atoms with Gasteiger partial charge in [0.25, 0.3) is 0 Å². The number of hydrogen-bond acceptors (Lipinski definition) is 3. The number of nitrogens with zero attached hydrogens (tertiary/aromatic N) is 1. The SMILES string of the molecule is C=C(CCC)C(CO)CCN=O. The molecule has 3 nitrogen and oxygen atoms in total. The van der Waals surface area contributed by atoms with Crippen LogP contribution in [0.5, 0.6) is 0 Å².